The first-order valence-corrected chi connectivity index (χ1v) is 5.95. The van der Waals surface area contributed by atoms with Gasteiger partial charge in [0, 0.05) is 6.04 Å². The highest BCUT2D eigenvalue weighted by Gasteiger charge is 2.29. The van der Waals surface area contributed by atoms with Crippen LogP contribution in [0, 0.1) is 0 Å². The Morgan fingerprint density at radius 3 is 2.50 bits per heavy atom. The van der Waals surface area contributed by atoms with Gasteiger partial charge in [-0.1, -0.05) is 6.92 Å². The van der Waals surface area contributed by atoms with E-state index in [0.29, 0.717) is 0 Å². The van der Waals surface area contributed by atoms with Gasteiger partial charge in [0.15, 0.2) is 0 Å². The first-order valence-electron chi connectivity index (χ1n) is 4.47. The third-order valence-electron chi connectivity index (χ3n) is 1.90. The zero-order chi connectivity index (χ0) is 10.8. The lowest BCUT2D eigenvalue weighted by Crippen LogP contribution is -2.46. The molecular formula is C7H14N2O4S. The van der Waals surface area contributed by atoms with Crippen molar-refractivity contribution in [1.82, 2.24) is 9.44 Å². The van der Waals surface area contributed by atoms with Crippen LogP contribution in [0.1, 0.15) is 26.2 Å². The van der Waals surface area contributed by atoms with Crippen molar-refractivity contribution >= 4 is 16.2 Å². The Balaban J connectivity index is 2.50. The molecule has 6 nitrogen and oxygen atoms in total. The van der Waals surface area contributed by atoms with Crippen LogP contribution in [-0.4, -0.2) is 31.6 Å². The summed E-state index contributed by atoms with van der Waals surface area (Å²) in [5.74, 6) is -1.16. The van der Waals surface area contributed by atoms with E-state index in [1.165, 1.54) is 0 Å². The lowest BCUT2D eigenvalue weighted by Gasteiger charge is -2.12. The highest BCUT2D eigenvalue weighted by molar-refractivity contribution is 7.87. The molecule has 0 heterocycles. The summed E-state index contributed by atoms with van der Waals surface area (Å²) in [6.45, 7) is 1.61. The van der Waals surface area contributed by atoms with Crippen molar-refractivity contribution < 1.29 is 18.3 Å². The van der Waals surface area contributed by atoms with Gasteiger partial charge in [-0.05, 0) is 19.3 Å². The van der Waals surface area contributed by atoms with Crippen LogP contribution in [0.5, 0.6) is 0 Å². The summed E-state index contributed by atoms with van der Waals surface area (Å²) < 4.78 is 27.0. The summed E-state index contributed by atoms with van der Waals surface area (Å²) in [5.41, 5.74) is 0. The fraction of sp³-hybridized carbons (Fsp3) is 0.857. The monoisotopic (exact) mass is 222 g/mol. The van der Waals surface area contributed by atoms with Gasteiger partial charge in [0.25, 0.3) is 10.2 Å². The van der Waals surface area contributed by atoms with Crippen molar-refractivity contribution in [3.8, 4) is 0 Å². The Kier molecular flexibility index (Phi) is 3.46. The second kappa shape index (κ2) is 4.24. The minimum Gasteiger partial charge on any atom is -0.480 e. The first-order chi connectivity index (χ1) is 6.44. The second-order valence-corrected chi connectivity index (χ2v) is 4.79. The Labute approximate surface area is 82.9 Å². The van der Waals surface area contributed by atoms with Gasteiger partial charge in [-0.3, -0.25) is 4.79 Å². The maximum atomic E-state index is 11.3. The normalized spacial score (nSPS) is 19.2. The Bertz CT molecular complexity index is 310. The van der Waals surface area contributed by atoms with Crippen LogP contribution in [-0.2, 0) is 15.0 Å². The highest BCUT2D eigenvalue weighted by Crippen LogP contribution is 2.19. The summed E-state index contributed by atoms with van der Waals surface area (Å²) in [6.07, 6.45) is 1.87. The molecule has 0 spiro atoms. The van der Waals surface area contributed by atoms with E-state index in [-0.39, 0.29) is 12.5 Å². The van der Waals surface area contributed by atoms with Gasteiger partial charge in [-0.15, -0.1) is 0 Å². The first kappa shape index (κ1) is 11.4. The molecule has 0 aromatic heterocycles. The van der Waals surface area contributed by atoms with Crippen LogP contribution in [0.3, 0.4) is 0 Å². The molecule has 1 atom stereocenters. The molecule has 0 bridgehead atoms. The minimum atomic E-state index is -3.66. The van der Waals surface area contributed by atoms with Crippen molar-refractivity contribution in [1.29, 1.82) is 0 Å². The largest absolute Gasteiger partial charge is 0.480 e. The Hall–Kier alpha value is -0.660. The standard InChI is InChI=1S/C7H14N2O4S/c1-2-6(7(10)11)9-14(12,13)8-5-3-4-5/h5-6,8-9H,2-4H2,1H3,(H,10,11)/t6-/m1/s1. The van der Waals surface area contributed by atoms with Gasteiger partial charge in [0.05, 0.1) is 0 Å². The average Bonchev–Trinajstić information content (AvgIpc) is 2.82. The summed E-state index contributed by atoms with van der Waals surface area (Å²) in [4.78, 5) is 10.6. The van der Waals surface area contributed by atoms with Crippen LogP contribution in [0.2, 0.25) is 0 Å². The van der Waals surface area contributed by atoms with E-state index in [1.54, 1.807) is 6.92 Å². The van der Waals surface area contributed by atoms with Gasteiger partial charge in [-0.2, -0.15) is 17.9 Å². The molecule has 82 valence electrons. The summed E-state index contributed by atoms with van der Waals surface area (Å²) in [5, 5.41) is 8.63. The number of nitrogens with one attached hydrogen (secondary N) is 2. The van der Waals surface area contributed by atoms with Gasteiger partial charge < -0.3 is 5.11 Å². The molecule has 3 N–H and O–H groups in total. The third-order valence-corrected chi connectivity index (χ3v) is 3.14. The van der Waals surface area contributed by atoms with Crippen molar-refractivity contribution in [2.45, 2.75) is 38.3 Å². The SMILES string of the molecule is CC[C@@H](NS(=O)(=O)NC1CC1)C(=O)O. The van der Waals surface area contributed by atoms with E-state index < -0.39 is 22.2 Å². The molecule has 0 aliphatic heterocycles. The van der Waals surface area contributed by atoms with Crippen molar-refractivity contribution in [2.75, 3.05) is 0 Å². The predicted octanol–water partition coefficient (Wildman–Crippen LogP) is -0.564. The number of carbonyl (C=O) groups is 1. The van der Waals surface area contributed by atoms with Crippen LogP contribution >= 0.6 is 0 Å². The van der Waals surface area contributed by atoms with Gasteiger partial charge >= 0.3 is 5.97 Å². The zero-order valence-electron chi connectivity index (χ0n) is 7.86. The third kappa shape index (κ3) is 3.60. The van der Waals surface area contributed by atoms with E-state index in [0.717, 1.165) is 12.8 Å². The predicted molar refractivity (Wildman–Crippen MR) is 49.9 cm³/mol. The van der Waals surface area contributed by atoms with Gasteiger partial charge in [-0.25, -0.2) is 0 Å². The smallest absolute Gasteiger partial charge is 0.321 e. The van der Waals surface area contributed by atoms with Crippen LogP contribution in [0.15, 0.2) is 0 Å². The topological polar surface area (TPSA) is 95.5 Å². The summed E-state index contributed by atoms with van der Waals surface area (Å²) in [6, 6.07) is -1.06. The zero-order valence-corrected chi connectivity index (χ0v) is 8.67. The molecule has 0 radical (unpaired) electrons. The molecule has 0 aromatic rings. The fourth-order valence-electron chi connectivity index (χ4n) is 0.950. The number of carboxylic acid groups (broad SMARTS) is 1. The van der Waals surface area contributed by atoms with Crippen molar-refractivity contribution in [3.63, 3.8) is 0 Å². The molecule has 14 heavy (non-hydrogen) atoms. The molecule has 0 amide bonds. The molecule has 1 aliphatic carbocycles. The maximum Gasteiger partial charge on any atom is 0.321 e. The maximum absolute atomic E-state index is 11.3. The average molecular weight is 222 g/mol. The fourth-order valence-corrected chi connectivity index (χ4v) is 2.33. The summed E-state index contributed by atoms with van der Waals surface area (Å²) in [7, 11) is -3.66. The molecule has 0 unspecified atom stereocenters. The van der Waals surface area contributed by atoms with Crippen LogP contribution in [0.25, 0.3) is 0 Å². The van der Waals surface area contributed by atoms with E-state index >= 15 is 0 Å². The quantitative estimate of drug-likeness (QED) is 0.561. The van der Waals surface area contributed by atoms with Gasteiger partial charge in [0.2, 0.25) is 0 Å². The molecule has 7 heteroatoms. The van der Waals surface area contributed by atoms with E-state index in [2.05, 4.69) is 9.44 Å². The lowest BCUT2D eigenvalue weighted by molar-refractivity contribution is -0.139. The van der Waals surface area contributed by atoms with E-state index in [4.69, 9.17) is 5.11 Å². The minimum absolute atomic E-state index is 0.0150. The molecule has 1 rings (SSSR count). The van der Waals surface area contributed by atoms with Gasteiger partial charge in [0.1, 0.15) is 6.04 Å². The van der Waals surface area contributed by atoms with E-state index in [9.17, 15) is 13.2 Å². The molecule has 1 aliphatic rings. The molecule has 1 fully saturated rings. The number of carboxylic acids is 1. The number of hydrogen-bond donors (Lipinski definition) is 3. The molecule has 0 aromatic carbocycles. The Morgan fingerprint density at radius 1 is 1.57 bits per heavy atom. The highest BCUT2D eigenvalue weighted by atomic mass is 32.2. The van der Waals surface area contributed by atoms with Crippen molar-refractivity contribution in [3.05, 3.63) is 0 Å². The van der Waals surface area contributed by atoms with Crippen LogP contribution < -0.4 is 9.44 Å². The summed E-state index contributed by atoms with van der Waals surface area (Å²) >= 11 is 0. The van der Waals surface area contributed by atoms with Crippen molar-refractivity contribution in [2.24, 2.45) is 0 Å². The Morgan fingerprint density at radius 2 is 2.14 bits per heavy atom. The molecule has 0 saturated heterocycles. The molecule has 1 saturated carbocycles. The van der Waals surface area contributed by atoms with Crippen LogP contribution in [0.4, 0.5) is 0 Å². The molecular weight excluding hydrogens is 208 g/mol. The number of hydrogen-bond acceptors (Lipinski definition) is 3. The van der Waals surface area contributed by atoms with E-state index in [1.807, 2.05) is 0 Å². The second-order valence-electron chi connectivity index (χ2n) is 3.31. The lowest BCUT2D eigenvalue weighted by atomic mass is 10.2. The number of aliphatic carboxylic acids is 1. The number of rotatable bonds is 6.